The summed E-state index contributed by atoms with van der Waals surface area (Å²) < 4.78 is 58.8. The zero-order chi connectivity index (χ0) is 33.2. The Labute approximate surface area is 264 Å². The maximum atomic E-state index is 13.9. The number of nitrogens with zero attached hydrogens (tertiary/aromatic N) is 2. The molecule has 1 aromatic heterocycles. The van der Waals surface area contributed by atoms with Crippen LogP contribution in [0.1, 0.15) is 40.5 Å². The molecule has 1 aliphatic heterocycles. The Kier molecular flexibility index (Phi) is 9.29. The number of rotatable bonds is 8. The molecule has 3 N–H and O–H groups in total. The molecule has 2 aliphatic carbocycles. The van der Waals surface area contributed by atoms with Gasteiger partial charge in [0.15, 0.2) is 0 Å². The summed E-state index contributed by atoms with van der Waals surface area (Å²) >= 11 is 0. The van der Waals surface area contributed by atoms with E-state index in [1.807, 2.05) is 0 Å². The summed E-state index contributed by atoms with van der Waals surface area (Å²) in [5.74, 6) is 0.186. The van der Waals surface area contributed by atoms with Gasteiger partial charge < -0.3 is 35.1 Å². The third-order valence-corrected chi connectivity index (χ3v) is 7.35. The number of carbonyl (C=O) groups excluding carboxylic acids is 3. The first-order chi connectivity index (χ1) is 21.6. The second-order valence-corrected chi connectivity index (χ2v) is 12.5. The molecule has 11 nitrogen and oxygen atoms in total. The smallest absolute Gasteiger partial charge is 0.413 e. The van der Waals surface area contributed by atoms with E-state index in [4.69, 9.17) is 14.2 Å². The van der Waals surface area contributed by atoms with Gasteiger partial charge in [0.2, 0.25) is 5.91 Å². The van der Waals surface area contributed by atoms with Crippen molar-refractivity contribution in [2.75, 3.05) is 23.7 Å². The minimum atomic E-state index is -4.64. The molecule has 2 fully saturated rings. The fourth-order valence-electron chi connectivity index (χ4n) is 4.79. The molecule has 14 heteroatoms. The van der Waals surface area contributed by atoms with E-state index in [1.165, 1.54) is 24.1 Å². The molecule has 2 aromatic rings. The Morgan fingerprint density at radius 1 is 0.957 bits per heavy atom. The van der Waals surface area contributed by atoms with Gasteiger partial charge in [-0.15, -0.1) is 0 Å². The highest BCUT2D eigenvalue weighted by atomic mass is 19.4. The number of halogens is 3. The molecule has 0 bridgehead atoms. The maximum absolute atomic E-state index is 13.9. The second-order valence-electron chi connectivity index (χ2n) is 12.5. The molecule has 1 aromatic carbocycles. The lowest BCUT2D eigenvalue weighted by Gasteiger charge is -2.42. The minimum absolute atomic E-state index is 0.0325. The molecule has 2 heterocycles. The Morgan fingerprint density at radius 3 is 2.28 bits per heavy atom. The molecule has 5 rings (SSSR count). The van der Waals surface area contributed by atoms with Gasteiger partial charge in [0.25, 0.3) is 0 Å². The quantitative estimate of drug-likeness (QED) is 0.305. The van der Waals surface area contributed by atoms with E-state index in [1.54, 1.807) is 57.2 Å². The number of alkyl halides is 3. The van der Waals surface area contributed by atoms with Crippen LogP contribution in [0.2, 0.25) is 0 Å². The zero-order valence-corrected chi connectivity index (χ0v) is 25.8. The lowest BCUT2D eigenvalue weighted by atomic mass is 9.88. The average Bonchev–Trinajstić information content (AvgIpc) is 3.77. The van der Waals surface area contributed by atoms with Gasteiger partial charge in [-0.25, -0.2) is 14.6 Å². The summed E-state index contributed by atoms with van der Waals surface area (Å²) in [6.07, 6.45) is -1.06. The first kappa shape index (κ1) is 32.8. The Hall–Kier alpha value is -4.59. The van der Waals surface area contributed by atoms with Gasteiger partial charge in [-0.2, -0.15) is 13.2 Å². The number of amides is 4. The number of nitrogens with one attached hydrogen (secondary N) is 3. The number of hydrogen-bond acceptors (Lipinski definition) is 7. The number of carbonyl (C=O) groups is 3. The SMILES string of the molecule is CC1C(C(F)(F)F)=CC(NC(=O)Nc2ccc(Oc3ccnc(NC(=O)C4CC4)c3)cc2)=CC1OC1CN(C(=O)OC(C)(C)C)C1. The molecule has 2 atom stereocenters. The number of pyridine rings is 1. The van der Waals surface area contributed by atoms with Crippen molar-refractivity contribution in [3.05, 3.63) is 66.0 Å². The van der Waals surface area contributed by atoms with E-state index >= 15 is 0 Å². The number of allylic oxidation sites excluding steroid dienone is 1. The lowest BCUT2D eigenvalue weighted by molar-refractivity contribution is -0.120. The molecule has 3 aliphatic rings. The monoisotopic (exact) mass is 643 g/mol. The predicted molar refractivity (Wildman–Crippen MR) is 162 cm³/mol. The van der Waals surface area contributed by atoms with E-state index in [0.717, 1.165) is 18.9 Å². The van der Waals surface area contributed by atoms with Gasteiger partial charge in [-0.1, -0.05) is 6.92 Å². The number of benzene rings is 1. The van der Waals surface area contributed by atoms with Gasteiger partial charge in [-0.05, 0) is 76.1 Å². The molecule has 246 valence electrons. The van der Waals surface area contributed by atoms with Crippen LogP contribution in [0.15, 0.2) is 66.0 Å². The molecule has 1 saturated carbocycles. The third kappa shape index (κ3) is 8.77. The maximum Gasteiger partial charge on any atom is 0.413 e. The van der Waals surface area contributed by atoms with Crippen LogP contribution in [0.4, 0.5) is 34.3 Å². The van der Waals surface area contributed by atoms with Crippen LogP contribution in [0.3, 0.4) is 0 Å². The normalized spacial score (nSPS) is 20.1. The van der Waals surface area contributed by atoms with Crippen LogP contribution in [0.25, 0.3) is 0 Å². The van der Waals surface area contributed by atoms with Gasteiger partial charge >= 0.3 is 18.3 Å². The van der Waals surface area contributed by atoms with Crippen molar-refractivity contribution in [3.8, 4) is 11.5 Å². The first-order valence-corrected chi connectivity index (χ1v) is 14.9. The van der Waals surface area contributed by atoms with Crippen LogP contribution in [0, 0.1) is 11.8 Å². The summed E-state index contributed by atoms with van der Waals surface area (Å²) in [6.45, 7) is 6.99. The highest BCUT2D eigenvalue weighted by molar-refractivity contribution is 5.93. The summed E-state index contributed by atoms with van der Waals surface area (Å²) in [4.78, 5) is 42.5. The standard InChI is InChI=1S/C32H36F3N5O6/c1-18-25(32(33,34)35)13-21(14-26(18)45-24-16-40(17-24)30(43)46-31(2,3)4)38-29(42)37-20-7-9-22(10-8-20)44-23-11-12-36-27(15-23)39-28(41)19-5-6-19/h7-15,18-19,24,26H,5-6,16-17H2,1-4H3,(H,36,39,41)(H2,37,38,42). The van der Waals surface area contributed by atoms with E-state index in [9.17, 15) is 27.6 Å². The summed E-state index contributed by atoms with van der Waals surface area (Å²) in [5.41, 5.74) is -1.22. The zero-order valence-electron chi connectivity index (χ0n) is 25.8. The lowest BCUT2D eigenvalue weighted by Crippen LogP contribution is -2.57. The molecule has 4 amide bonds. The van der Waals surface area contributed by atoms with Crippen molar-refractivity contribution in [2.24, 2.45) is 11.8 Å². The highest BCUT2D eigenvalue weighted by Gasteiger charge is 2.44. The summed E-state index contributed by atoms with van der Waals surface area (Å²) in [5, 5.41) is 7.82. The Morgan fingerprint density at radius 2 is 1.65 bits per heavy atom. The first-order valence-electron chi connectivity index (χ1n) is 14.9. The van der Waals surface area contributed by atoms with E-state index in [0.29, 0.717) is 23.0 Å². The van der Waals surface area contributed by atoms with Gasteiger partial charge in [-0.3, -0.25) is 4.79 Å². The van der Waals surface area contributed by atoms with E-state index in [-0.39, 0.29) is 30.6 Å². The second kappa shape index (κ2) is 13.0. The van der Waals surface area contributed by atoms with Crippen LogP contribution >= 0.6 is 0 Å². The summed E-state index contributed by atoms with van der Waals surface area (Å²) in [6, 6.07) is 8.82. The highest BCUT2D eigenvalue weighted by Crippen LogP contribution is 2.38. The predicted octanol–water partition coefficient (Wildman–Crippen LogP) is 6.37. The fraction of sp³-hybridized carbons (Fsp3) is 0.438. The van der Waals surface area contributed by atoms with Crippen molar-refractivity contribution in [2.45, 2.75) is 64.5 Å². The van der Waals surface area contributed by atoms with Crippen molar-refractivity contribution in [3.63, 3.8) is 0 Å². The molecule has 1 saturated heterocycles. The van der Waals surface area contributed by atoms with Gasteiger partial charge in [0.05, 0.1) is 25.3 Å². The van der Waals surface area contributed by atoms with Gasteiger partial charge in [0.1, 0.15) is 22.9 Å². The molecular formula is C32H36F3N5O6. The minimum Gasteiger partial charge on any atom is -0.457 e. The number of likely N-dealkylation sites (tertiary alicyclic amines) is 1. The van der Waals surface area contributed by atoms with E-state index in [2.05, 4.69) is 20.9 Å². The number of anilines is 2. The van der Waals surface area contributed by atoms with Crippen LogP contribution < -0.4 is 20.7 Å². The topological polar surface area (TPSA) is 131 Å². The molecule has 0 radical (unpaired) electrons. The van der Waals surface area contributed by atoms with Crippen molar-refractivity contribution in [1.82, 2.24) is 15.2 Å². The molecule has 0 spiro atoms. The summed E-state index contributed by atoms with van der Waals surface area (Å²) in [7, 11) is 0. The van der Waals surface area contributed by atoms with Crippen LogP contribution in [0.5, 0.6) is 11.5 Å². The largest absolute Gasteiger partial charge is 0.457 e. The Balaban J connectivity index is 1.17. The van der Waals surface area contributed by atoms with Crippen molar-refractivity contribution >= 4 is 29.5 Å². The molecular weight excluding hydrogens is 607 g/mol. The van der Waals surface area contributed by atoms with Crippen LogP contribution in [-0.4, -0.2) is 65.0 Å². The number of hydrogen-bond donors (Lipinski definition) is 3. The average molecular weight is 644 g/mol. The molecule has 2 unspecified atom stereocenters. The number of aromatic nitrogens is 1. The number of ether oxygens (including phenoxy) is 3. The van der Waals surface area contributed by atoms with Gasteiger partial charge in [0, 0.05) is 41.1 Å². The Bertz CT molecular complexity index is 1530. The third-order valence-electron chi connectivity index (χ3n) is 7.35. The van der Waals surface area contributed by atoms with Crippen molar-refractivity contribution < 1.29 is 41.8 Å². The van der Waals surface area contributed by atoms with Crippen LogP contribution in [-0.2, 0) is 14.3 Å². The fourth-order valence-corrected chi connectivity index (χ4v) is 4.79. The number of urea groups is 1. The van der Waals surface area contributed by atoms with E-state index < -0.39 is 47.6 Å². The molecule has 46 heavy (non-hydrogen) atoms. The van der Waals surface area contributed by atoms with Crippen molar-refractivity contribution in [1.29, 1.82) is 0 Å².